The summed E-state index contributed by atoms with van der Waals surface area (Å²) in [5.41, 5.74) is 4.39. The van der Waals surface area contributed by atoms with Gasteiger partial charge in [0.1, 0.15) is 5.75 Å². The third kappa shape index (κ3) is 4.84. The lowest BCUT2D eigenvalue weighted by molar-refractivity contribution is -0.115. The van der Waals surface area contributed by atoms with Gasteiger partial charge in [-0.3, -0.25) is 4.79 Å². The molecule has 0 bridgehead atoms. The van der Waals surface area contributed by atoms with Gasteiger partial charge < -0.3 is 15.4 Å². The van der Waals surface area contributed by atoms with Crippen molar-refractivity contribution < 1.29 is 9.53 Å². The fourth-order valence-corrected chi connectivity index (χ4v) is 3.13. The van der Waals surface area contributed by atoms with Crippen LogP contribution in [0.1, 0.15) is 17.8 Å². The number of rotatable bonds is 7. The summed E-state index contributed by atoms with van der Waals surface area (Å²) < 4.78 is 7.15. The molecule has 3 rings (SSSR count). The summed E-state index contributed by atoms with van der Waals surface area (Å²) in [6.07, 6.45) is 0.305. The van der Waals surface area contributed by atoms with Crippen LogP contribution < -0.4 is 15.4 Å². The molecule has 0 radical (unpaired) electrons. The zero-order valence-corrected chi connectivity index (χ0v) is 16.9. The fourth-order valence-electron chi connectivity index (χ4n) is 2.96. The highest BCUT2D eigenvalue weighted by molar-refractivity contribution is 6.30. The zero-order chi connectivity index (χ0) is 20.1. The average Bonchev–Trinajstić information content (AvgIpc) is 3.00. The summed E-state index contributed by atoms with van der Waals surface area (Å²) in [4.78, 5) is 12.3. The second-order valence-corrected chi connectivity index (χ2v) is 6.90. The van der Waals surface area contributed by atoms with Crippen molar-refractivity contribution in [2.45, 2.75) is 20.3 Å². The van der Waals surface area contributed by atoms with Crippen LogP contribution in [0.2, 0.25) is 5.02 Å². The fraction of sp³-hybridized carbons (Fsp3) is 0.238. The van der Waals surface area contributed by atoms with Crippen LogP contribution in [0, 0.1) is 13.8 Å². The minimum atomic E-state index is -0.0842. The van der Waals surface area contributed by atoms with Crippen LogP contribution in [0.25, 0.3) is 5.69 Å². The topological polar surface area (TPSA) is 68.2 Å². The third-order valence-electron chi connectivity index (χ3n) is 4.21. The van der Waals surface area contributed by atoms with Gasteiger partial charge in [-0.15, -0.1) is 0 Å². The second-order valence-electron chi connectivity index (χ2n) is 6.46. The minimum Gasteiger partial charge on any atom is -0.495 e. The van der Waals surface area contributed by atoms with E-state index in [1.807, 2.05) is 48.9 Å². The highest BCUT2D eigenvalue weighted by Gasteiger charge is 2.08. The molecule has 0 aliphatic rings. The Bertz CT molecular complexity index is 984. The number of amides is 1. The van der Waals surface area contributed by atoms with Crippen molar-refractivity contribution in [2.24, 2.45) is 0 Å². The Balaban J connectivity index is 1.59. The van der Waals surface area contributed by atoms with Gasteiger partial charge in [-0.1, -0.05) is 17.7 Å². The highest BCUT2D eigenvalue weighted by atomic mass is 35.5. The molecule has 1 amide bonds. The number of carbonyl (C=O) groups is 1. The molecule has 0 unspecified atom stereocenters. The first-order chi connectivity index (χ1) is 13.5. The molecule has 0 spiro atoms. The predicted molar refractivity (Wildman–Crippen MR) is 113 cm³/mol. The lowest BCUT2D eigenvalue weighted by atomic mass is 10.2. The molecule has 0 aliphatic heterocycles. The average molecular weight is 399 g/mol. The second kappa shape index (κ2) is 8.80. The molecule has 7 heteroatoms. The molecular weight excluding hydrogens is 376 g/mol. The molecule has 2 N–H and O–H groups in total. The van der Waals surface area contributed by atoms with Crippen molar-refractivity contribution in [3.63, 3.8) is 0 Å². The molecule has 3 aromatic rings. The molecule has 6 nitrogen and oxygen atoms in total. The number of methoxy groups -OCH3 is 1. The Labute approximate surface area is 169 Å². The lowest BCUT2D eigenvalue weighted by Gasteiger charge is -2.12. The Morgan fingerprint density at radius 2 is 2.00 bits per heavy atom. The molecule has 0 atom stereocenters. The number of anilines is 2. The summed E-state index contributed by atoms with van der Waals surface area (Å²) in [5, 5.41) is 11.2. The monoisotopic (exact) mass is 398 g/mol. The van der Waals surface area contributed by atoms with E-state index < -0.39 is 0 Å². The first-order valence-corrected chi connectivity index (χ1v) is 9.35. The molecule has 1 aromatic heterocycles. The molecule has 2 aromatic carbocycles. The number of ether oxygens (including phenoxy) is 1. The van der Waals surface area contributed by atoms with Gasteiger partial charge in [0.05, 0.1) is 24.2 Å². The van der Waals surface area contributed by atoms with E-state index >= 15 is 0 Å². The minimum absolute atomic E-state index is 0.0842. The smallest absolute Gasteiger partial charge is 0.226 e. The quantitative estimate of drug-likeness (QED) is 0.610. The summed E-state index contributed by atoms with van der Waals surface area (Å²) in [7, 11) is 1.59. The Morgan fingerprint density at radius 1 is 1.18 bits per heavy atom. The standard InChI is InChI=1S/C21H23ClN4O2/c1-14-11-15(2)26(25-14)18-6-4-5-17(13-18)24-21(27)9-10-23-19-12-16(22)7-8-20(19)28-3/h4-8,11-13,23H,9-10H2,1-3H3,(H,24,27). The van der Waals surface area contributed by atoms with Crippen LogP contribution in [-0.4, -0.2) is 29.3 Å². The number of benzene rings is 2. The molecule has 0 saturated heterocycles. The summed E-state index contributed by atoms with van der Waals surface area (Å²) in [6.45, 7) is 4.41. The number of hydrogen-bond acceptors (Lipinski definition) is 4. The largest absolute Gasteiger partial charge is 0.495 e. The van der Waals surface area contributed by atoms with Crippen molar-refractivity contribution in [1.82, 2.24) is 9.78 Å². The first-order valence-electron chi connectivity index (χ1n) is 8.97. The molecule has 1 heterocycles. The third-order valence-corrected chi connectivity index (χ3v) is 4.45. The number of nitrogens with zero attached hydrogens (tertiary/aromatic N) is 2. The summed E-state index contributed by atoms with van der Waals surface area (Å²) >= 11 is 6.02. The molecule has 0 fully saturated rings. The maximum Gasteiger partial charge on any atom is 0.226 e. The molecule has 0 saturated carbocycles. The predicted octanol–water partition coefficient (Wildman–Crippen LogP) is 4.59. The van der Waals surface area contributed by atoms with E-state index in [4.69, 9.17) is 16.3 Å². The van der Waals surface area contributed by atoms with Crippen molar-refractivity contribution >= 4 is 28.9 Å². The first kappa shape index (κ1) is 19.8. The van der Waals surface area contributed by atoms with E-state index in [0.29, 0.717) is 23.7 Å². The Hall–Kier alpha value is -2.99. The van der Waals surface area contributed by atoms with Crippen LogP contribution in [0.4, 0.5) is 11.4 Å². The van der Waals surface area contributed by atoms with Crippen LogP contribution in [0.5, 0.6) is 5.75 Å². The number of halogens is 1. The highest BCUT2D eigenvalue weighted by Crippen LogP contribution is 2.27. The van der Waals surface area contributed by atoms with Crippen LogP contribution in [0.3, 0.4) is 0 Å². The van der Waals surface area contributed by atoms with E-state index in [1.165, 1.54) is 0 Å². The van der Waals surface area contributed by atoms with Crippen molar-refractivity contribution in [2.75, 3.05) is 24.3 Å². The van der Waals surface area contributed by atoms with E-state index in [9.17, 15) is 4.79 Å². The van der Waals surface area contributed by atoms with Gasteiger partial charge in [-0.2, -0.15) is 5.10 Å². The van der Waals surface area contributed by atoms with Gasteiger partial charge in [-0.25, -0.2) is 4.68 Å². The van der Waals surface area contributed by atoms with Crippen molar-refractivity contribution in [1.29, 1.82) is 0 Å². The Kier molecular flexibility index (Phi) is 6.21. The number of aryl methyl sites for hydroxylation is 2. The maximum atomic E-state index is 12.3. The van der Waals surface area contributed by atoms with Gasteiger partial charge in [0, 0.05) is 29.4 Å². The Morgan fingerprint density at radius 3 is 2.71 bits per heavy atom. The van der Waals surface area contributed by atoms with E-state index in [-0.39, 0.29) is 5.91 Å². The van der Waals surface area contributed by atoms with Gasteiger partial charge in [0.15, 0.2) is 0 Å². The summed E-state index contributed by atoms with van der Waals surface area (Å²) in [6, 6.07) is 15.0. The van der Waals surface area contributed by atoms with Gasteiger partial charge in [-0.05, 0) is 56.3 Å². The normalized spacial score (nSPS) is 10.6. The molecule has 0 aliphatic carbocycles. The van der Waals surface area contributed by atoms with E-state index in [2.05, 4.69) is 15.7 Å². The number of hydrogen-bond donors (Lipinski definition) is 2. The summed E-state index contributed by atoms with van der Waals surface area (Å²) in [5.74, 6) is 0.599. The van der Waals surface area contributed by atoms with Gasteiger partial charge in [0.25, 0.3) is 0 Å². The van der Waals surface area contributed by atoms with Crippen LogP contribution in [0.15, 0.2) is 48.5 Å². The zero-order valence-electron chi connectivity index (χ0n) is 16.1. The van der Waals surface area contributed by atoms with E-state index in [0.717, 1.165) is 28.5 Å². The van der Waals surface area contributed by atoms with Gasteiger partial charge in [0.2, 0.25) is 5.91 Å². The molecule has 146 valence electrons. The number of nitrogens with one attached hydrogen (secondary N) is 2. The lowest BCUT2D eigenvalue weighted by Crippen LogP contribution is -2.16. The molecular formula is C21H23ClN4O2. The van der Waals surface area contributed by atoms with E-state index in [1.54, 1.807) is 25.3 Å². The van der Waals surface area contributed by atoms with Crippen LogP contribution in [-0.2, 0) is 4.79 Å². The van der Waals surface area contributed by atoms with Crippen molar-refractivity contribution in [3.05, 3.63) is 64.9 Å². The number of aromatic nitrogens is 2. The SMILES string of the molecule is COc1ccc(Cl)cc1NCCC(=O)Nc1cccc(-n2nc(C)cc2C)c1. The van der Waals surface area contributed by atoms with Crippen molar-refractivity contribution in [3.8, 4) is 11.4 Å². The maximum absolute atomic E-state index is 12.3. The molecule has 28 heavy (non-hydrogen) atoms. The van der Waals surface area contributed by atoms with Crippen LogP contribution >= 0.6 is 11.6 Å². The number of carbonyl (C=O) groups excluding carboxylic acids is 1. The van der Waals surface area contributed by atoms with Gasteiger partial charge >= 0.3 is 0 Å².